The number of methoxy groups -OCH3 is 1. The predicted octanol–water partition coefficient (Wildman–Crippen LogP) is 2.15. The maximum absolute atomic E-state index is 5.60. The minimum atomic E-state index is 0.533. The smallest absolute Gasteiger partial charge is 0.197 e. The third kappa shape index (κ3) is 3.43. The lowest BCUT2D eigenvalue weighted by molar-refractivity contribution is 0.109. The van der Waals surface area contributed by atoms with Crippen molar-refractivity contribution in [3.63, 3.8) is 0 Å². The molecule has 3 N–H and O–H groups in total. The van der Waals surface area contributed by atoms with Gasteiger partial charge in [0, 0.05) is 6.20 Å². The molecule has 0 bridgehead atoms. The summed E-state index contributed by atoms with van der Waals surface area (Å²) in [6.07, 6.45) is 1.76. The molecule has 0 fully saturated rings. The monoisotopic (exact) mass is 265 g/mol. The van der Waals surface area contributed by atoms with Crippen molar-refractivity contribution in [1.29, 1.82) is 0 Å². The van der Waals surface area contributed by atoms with Gasteiger partial charge in [-0.25, -0.2) is 10.8 Å². The quantitative estimate of drug-likeness (QED) is 0.618. The standard InChI is InChI=1S/C12H15N3O2S/c1-16-10-4-2-9(3-5-10)7-17-8-11-6-14-12(15-13)18-11/h2-6H,7-8,13H2,1H3,(H,14,15). The van der Waals surface area contributed by atoms with E-state index in [1.165, 1.54) is 11.3 Å². The van der Waals surface area contributed by atoms with E-state index < -0.39 is 0 Å². The first-order chi connectivity index (χ1) is 8.81. The first-order valence-corrected chi connectivity index (χ1v) is 6.25. The summed E-state index contributed by atoms with van der Waals surface area (Å²) < 4.78 is 10.7. The van der Waals surface area contributed by atoms with Crippen molar-refractivity contribution in [2.45, 2.75) is 13.2 Å². The molecule has 0 saturated carbocycles. The summed E-state index contributed by atoms with van der Waals surface area (Å²) >= 11 is 1.48. The minimum Gasteiger partial charge on any atom is -0.497 e. The fourth-order valence-corrected chi connectivity index (χ4v) is 2.09. The number of hydrogen-bond acceptors (Lipinski definition) is 6. The SMILES string of the molecule is COc1ccc(COCc2cnc(NN)s2)cc1. The van der Waals surface area contributed by atoms with Crippen LogP contribution in [-0.2, 0) is 18.0 Å². The summed E-state index contributed by atoms with van der Waals surface area (Å²) in [5.74, 6) is 6.10. The van der Waals surface area contributed by atoms with Crippen LogP contribution in [0.4, 0.5) is 5.13 Å². The molecule has 1 heterocycles. The van der Waals surface area contributed by atoms with Gasteiger partial charge in [0.15, 0.2) is 5.13 Å². The summed E-state index contributed by atoms with van der Waals surface area (Å²) in [4.78, 5) is 5.11. The lowest BCUT2D eigenvalue weighted by Gasteiger charge is -2.04. The van der Waals surface area contributed by atoms with Gasteiger partial charge >= 0.3 is 0 Å². The van der Waals surface area contributed by atoms with E-state index in [9.17, 15) is 0 Å². The molecule has 1 aromatic carbocycles. The Hall–Kier alpha value is -1.63. The highest BCUT2D eigenvalue weighted by atomic mass is 32.1. The first kappa shape index (κ1) is 12.8. The van der Waals surface area contributed by atoms with Crippen molar-refractivity contribution < 1.29 is 9.47 Å². The van der Waals surface area contributed by atoms with Gasteiger partial charge in [-0.2, -0.15) is 0 Å². The maximum Gasteiger partial charge on any atom is 0.197 e. The van der Waals surface area contributed by atoms with Gasteiger partial charge in [-0.1, -0.05) is 23.5 Å². The average Bonchev–Trinajstić information content (AvgIpc) is 2.87. The molecule has 0 aliphatic heterocycles. The Balaban J connectivity index is 1.80. The number of anilines is 1. The fourth-order valence-electron chi connectivity index (χ4n) is 1.43. The number of ether oxygens (including phenoxy) is 2. The molecule has 18 heavy (non-hydrogen) atoms. The number of nitrogens with zero attached hydrogens (tertiary/aromatic N) is 1. The van der Waals surface area contributed by atoms with Crippen LogP contribution >= 0.6 is 11.3 Å². The van der Waals surface area contributed by atoms with Crippen LogP contribution in [0.2, 0.25) is 0 Å². The average molecular weight is 265 g/mol. The Morgan fingerprint density at radius 2 is 2.06 bits per heavy atom. The minimum absolute atomic E-state index is 0.533. The van der Waals surface area contributed by atoms with Crippen molar-refractivity contribution in [3.8, 4) is 5.75 Å². The van der Waals surface area contributed by atoms with E-state index >= 15 is 0 Å². The molecule has 2 aromatic rings. The molecular weight excluding hydrogens is 250 g/mol. The molecule has 0 aliphatic rings. The highest BCUT2D eigenvalue weighted by molar-refractivity contribution is 7.15. The summed E-state index contributed by atoms with van der Waals surface area (Å²) in [6, 6.07) is 7.81. The van der Waals surface area contributed by atoms with Crippen LogP contribution in [0.3, 0.4) is 0 Å². The van der Waals surface area contributed by atoms with E-state index in [1.807, 2.05) is 24.3 Å². The molecule has 0 saturated heterocycles. The first-order valence-electron chi connectivity index (χ1n) is 5.44. The molecule has 0 unspecified atom stereocenters. The Morgan fingerprint density at radius 3 is 2.67 bits per heavy atom. The molecule has 0 aliphatic carbocycles. The topological polar surface area (TPSA) is 69.4 Å². The van der Waals surface area contributed by atoms with Crippen molar-refractivity contribution >= 4 is 16.5 Å². The largest absolute Gasteiger partial charge is 0.497 e. The second-order valence-corrected chi connectivity index (χ2v) is 4.73. The van der Waals surface area contributed by atoms with Crippen LogP contribution in [0.5, 0.6) is 5.75 Å². The number of hydrogen-bond donors (Lipinski definition) is 2. The van der Waals surface area contributed by atoms with E-state index in [-0.39, 0.29) is 0 Å². The van der Waals surface area contributed by atoms with Gasteiger partial charge in [0.25, 0.3) is 0 Å². The third-order valence-electron chi connectivity index (χ3n) is 2.35. The number of thiazole rings is 1. The Bertz CT molecular complexity index is 484. The van der Waals surface area contributed by atoms with E-state index in [1.54, 1.807) is 13.3 Å². The van der Waals surface area contributed by atoms with Gasteiger partial charge in [0.2, 0.25) is 0 Å². The zero-order valence-electron chi connectivity index (χ0n) is 10.1. The summed E-state index contributed by atoms with van der Waals surface area (Å²) in [5, 5.41) is 0.693. The fraction of sp³-hybridized carbons (Fsp3) is 0.250. The number of benzene rings is 1. The maximum atomic E-state index is 5.60. The van der Waals surface area contributed by atoms with E-state index in [0.717, 1.165) is 16.2 Å². The normalized spacial score (nSPS) is 10.3. The Labute approximate surface area is 110 Å². The number of rotatable bonds is 6. The van der Waals surface area contributed by atoms with Crippen LogP contribution in [0, 0.1) is 0 Å². The van der Waals surface area contributed by atoms with Gasteiger partial charge in [0.1, 0.15) is 5.75 Å². The number of hydrazine groups is 1. The van der Waals surface area contributed by atoms with Gasteiger partial charge in [0.05, 0.1) is 25.2 Å². The van der Waals surface area contributed by atoms with Crippen LogP contribution in [0.1, 0.15) is 10.4 Å². The van der Waals surface area contributed by atoms with Crippen LogP contribution in [0.25, 0.3) is 0 Å². The third-order valence-corrected chi connectivity index (χ3v) is 3.25. The molecule has 2 rings (SSSR count). The van der Waals surface area contributed by atoms with E-state index in [4.69, 9.17) is 15.3 Å². The molecule has 0 amide bonds. The molecule has 0 atom stereocenters. The summed E-state index contributed by atoms with van der Waals surface area (Å²) in [6.45, 7) is 1.10. The van der Waals surface area contributed by atoms with Crippen LogP contribution in [-0.4, -0.2) is 12.1 Å². The summed E-state index contributed by atoms with van der Waals surface area (Å²) in [7, 11) is 1.65. The lowest BCUT2D eigenvalue weighted by atomic mass is 10.2. The van der Waals surface area contributed by atoms with Crippen molar-refractivity contribution in [2.75, 3.05) is 12.5 Å². The summed E-state index contributed by atoms with van der Waals surface area (Å²) in [5.41, 5.74) is 3.61. The molecule has 96 valence electrons. The molecule has 0 spiro atoms. The zero-order chi connectivity index (χ0) is 12.8. The molecule has 5 nitrogen and oxygen atoms in total. The lowest BCUT2D eigenvalue weighted by Crippen LogP contribution is -2.05. The number of nitrogen functional groups attached to an aromatic ring is 1. The Kier molecular flexibility index (Phi) is 4.52. The highest BCUT2D eigenvalue weighted by Crippen LogP contribution is 2.18. The molecule has 0 radical (unpaired) electrons. The van der Waals surface area contributed by atoms with Gasteiger partial charge in [-0.05, 0) is 17.7 Å². The Morgan fingerprint density at radius 1 is 1.28 bits per heavy atom. The van der Waals surface area contributed by atoms with E-state index in [2.05, 4.69) is 10.4 Å². The highest BCUT2D eigenvalue weighted by Gasteiger charge is 2.01. The number of aromatic nitrogens is 1. The van der Waals surface area contributed by atoms with Crippen LogP contribution in [0.15, 0.2) is 30.5 Å². The number of nitrogens with two attached hydrogens (primary N) is 1. The molecular formula is C12H15N3O2S. The predicted molar refractivity (Wildman–Crippen MR) is 71.4 cm³/mol. The second-order valence-electron chi connectivity index (χ2n) is 3.62. The molecule has 6 heteroatoms. The second kappa shape index (κ2) is 6.34. The molecule has 1 aromatic heterocycles. The number of nitrogens with one attached hydrogen (secondary N) is 1. The van der Waals surface area contributed by atoms with Crippen molar-refractivity contribution in [2.24, 2.45) is 5.84 Å². The van der Waals surface area contributed by atoms with Crippen LogP contribution < -0.4 is 16.0 Å². The van der Waals surface area contributed by atoms with Gasteiger partial charge in [-0.3, -0.25) is 5.43 Å². The van der Waals surface area contributed by atoms with Crippen molar-refractivity contribution in [3.05, 3.63) is 40.9 Å². The van der Waals surface area contributed by atoms with Gasteiger partial charge < -0.3 is 9.47 Å². The zero-order valence-corrected chi connectivity index (χ0v) is 10.9. The van der Waals surface area contributed by atoms with Crippen molar-refractivity contribution in [1.82, 2.24) is 4.98 Å². The van der Waals surface area contributed by atoms with Gasteiger partial charge in [-0.15, -0.1) is 0 Å². The van der Waals surface area contributed by atoms with E-state index in [0.29, 0.717) is 18.3 Å².